The maximum absolute atomic E-state index is 13.0. The fourth-order valence-corrected chi connectivity index (χ4v) is 3.82. The van der Waals surface area contributed by atoms with E-state index in [0.29, 0.717) is 31.8 Å². The second-order valence-corrected chi connectivity index (χ2v) is 7.59. The molecule has 3 aliphatic rings. The van der Waals surface area contributed by atoms with Gasteiger partial charge in [0, 0.05) is 37.9 Å². The summed E-state index contributed by atoms with van der Waals surface area (Å²) in [7, 11) is 0. The third kappa shape index (κ3) is 2.82. The van der Waals surface area contributed by atoms with Crippen LogP contribution in [0.1, 0.15) is 44.9 Å². The first-order valence-corrected chi connectivity index (χ1v) is 9.26. The highest BCUT2D eigenvalue weighted by atomic mass is 16.2. The Morgan fingerprint density at radius 1 is 1.17 bits per heavy atom. The number of rotatable bonds is 5. The molecule has 2 heterocycles. The highest BCUT2D eigenvalue weighted by Crippen LogP contribution is 2.34. The van der Waals surface area contributed by atoms with E-state index in [1.807, 2.05) is 17.2 Å². The molecular weight excluding hydrogens is 304 g/mol. The molecule has 1 aromatic heterocycles. The predicted octanol–water partition coefficient (Wildman–Crippen LogP) is 1.53. The summed E-state index contributed by atoms with van der Waals surface area (Å²) in [5, 5.41) is 7.49. The van der Waals surface area contributed by atoms with E-state index < -0.39 is 5.54 Å². The van der Waals surface area contributed by atoms with Gasteiger partial charge in [0.05, 0.1) is 0 Å². The van der Waals surface area contributed by atoms with Gasteiger partial charge in [0.1, 0.15) is 5.54 Å². The molecule has 130 valence electrons. The van der Waals surface area contributed by atoms with E-state index in [1.165, 1.54) is 19.3 Å². The summed E-state index contributed by atoms with van der Waals surface area (Å²) in [5.41, 5.74) is -0.644. The van der Waals surface area contributed by atoms with Crippen LogP contribution in [-0.4, -0.2) is 46.1 Å². The first-order chi connectivity index (χ1) is 11.7. The van der Waals surface area contributed by atoms with Crippen molar-refractivity contribution < 1.29 is 9.59 Å². The van der Waals surface area contributed by atoms with Crippen molar-refractivity contribution in [1.82, 2.24) is 20.0 Å². The molecule has 0 bridgehead atoms. The predicted molar refractivity (Wildman–Crippen MR) is 89.1 cm³/mol. The highest BCUT2D eigenvalue weighted by Gasteiger charge is 2.45. The zero-order valence-electron chi connectivity index (χ0n) is 14.1. The molecule has 6 heteroatoms. The van der Waals surface area contributed by atoms with E-state index >= 15 is 0 Å². The van der Waals surface area contributed by atoms with Crippen molar-refractivity contribution in [2.24, 2.45) is 11.8 Å². The lowest BCUT2D eigenvalue weighted by molar-refractivity contribution is -0.144. The van der Waals surface area contributed by atoms with Gasteiger partial charge in [-0.05, 0) is 50.5 Å². The number of nitrogens with one attached hydrogen (secondary N) is 1. The minimum Gasteiger partial charge on any atom is -0.354 e. The molecule has 6 nitrogen and oxygen atoms in total. The van der Waals surface area contributed by atoms with E-state index in [0.717, 1.165) is 19.4 Å². The van der Waals surface area contributed by atoms with Gasteiger partial charge in [0.25, 0.3) is 0 Å². The average molecular weight is 330 g/mol. The summed E-state index contributed by atoms with van der Waals surface area (Å²) >= 11 is 0. The molecule has 3 fully saturated rings. The van der Waals surface area contributed by atoms with Crippen LogP contribution in [0.3, 0.4) is 0 Å². The maximum atomic E-state index is 13.0. The van der Waals surface area contributed by atoms with E-state index in [-0.39, 0.29) is 17.7 Å². The van der Waals surface area contributed by atoms with Gasteiger partial charge in [-0.2, -0.15) is 5.10 Å². The first-order valence-electron chi connectivity index (χ1n) is 9.26. The number of hydrogen-bond donors (Lipinski definition) is 1. The van der Waals surface area contributed by atoms with Crippen molar-refractivity contribution in [1.29, 1.82) is 0 Å². The van der Waals surface area contributed by atoms with Crippen LogP contribution in [0.2, 0.25) is 0 Å². The fraction of sp³-hybridized carbons (Fsp3) is 0.722. The zero-order chi connectivity index (χ0) is 16.6. The molecule has 1 aromatic rings. The van der Waals surface area contributed by atoms with Gasteiger partial charge in [0.15, 0.2) is 0 Å². The summed E-state index contributed by atoms with van der Waals surface area (Å²) in [6.07, 6.45) is 10.6. The number of likely N-dealkylation sites (tertiary alicyclic amines) is 1. The Balaban J connectivity index is 1.46. The minimum atomic E-state index is -0.644. The van der Waals surface area contributed by atoms with Gasteiger partial charge < -0.3 is 10.2 Å². The topological polar surface area (TPSA) is 67.2 Å². The minimum absolute atomic E-state index is 0.0637. The number of aromatic nitrogens is 2. The Bertz CT molecular complexity index is 597. The van der Waals surface area contributed by atoms with Crippen LogP contribution in [0.5, 0.6) is 0 Å². The molecule has 1 aliphatic heterocycles. The van der Waals surface area contributed by atoms with Crippen LogP contribution >= 0.6 is 0 Å². The molecule has 1 saturated heterocycles. The van der Waals surface area contributed by atoms with E-state index in [1.54, 1.807) is 10.9 Å². The Hall–Kier alpha value is -1.85. The third-order valence-corrected chi connectivity index (χ3v) is 5.97. The maximum Gasteiger partial charge on any atom is 0.248 e. The normalized spacial score (nSPS) is 23.6. The summed E-state index contributed by atoms with van der Waals surface area (Å²) in [6, 6.07) is 1.86. The van der Waals surface area contributed by atoms with Crippen molar-refractivity contribution in [3.63, 3.8) is 0 Å². The Kier molecular flexibility index (Phi) is 4.06. The smallest absolute Gasteiger partial charge is 0.248 e. The highest BCUT2D eigenvalue weighted by molar-refractivity contribution is 5.85. The van der Waals surface area contributed by atoms with Gasteiger partial charge in [-0.15, -0.1) is 0 Å². The summed E-state index contributed by atoms with van der Waals surface area (Å²) in [5.74, 6) is 1.23. The van der Waals surface area contributed by atoms with Gasteiger partial charge in [-0.25, -0.2) is 0 Å². The molecule has 0 unspecified atom stereocenters. The Morgan fingerprint density at radius 3 is 2.46 bits per heavy atom. The average Bonchev–Trinajstić information content (AvgIpc) is 3.21. The molecule has 2 aliphatic carbocycles. The second-order valence-electron chi connectivity index (χ2n) is 7.59. The first kappa shape index (κ1) is 15.7. The lowest BCUT2D eigenvalue weighted by atomic mass is 9.82. The monoisotopic (exact) mass is 330 g/mol. The van der Waals surface area contributed by atoms with E-state index in [4.69, 9.17) is 0 Å². The zero-order valence-corrected chi connectivity index (χ0v) is 14.1. The number of carbonyl (C=O) groups is 2. The SMILES string of the molecule is O=C(C1CCC1)N1CCC(C(=O)NCC2CC2)(n2cccn2)CC1. The number of nitrogens with zero attached hydrogens (tertiary/aromatic N) is 3. The second kappa shape index (κ2) is 6.22. The largest absolute Gasteiger partial charge is 0.354 e. The summed E-state index contributed by atoms with van der Waals surface area (Å²) in [4.78, 5) is 27.4. The van der Waals surface area contributed by atoms with Crippen molar-refractivity contribution in [2.45, 2.75) is 50.5 Å². The number of carbonyl (C=O) groups excluding carboxylic acids is 2. The van der Waals surface area contributed by atoms with Crippen molar-refractivity contribution in [2.75, 3.05) is 19.6 Å². The fourth-order valence-electron chi connectivity index (χ4n) is 3.82. The number of piperidine rings is 1. The van der Waals surface area contributed by atoms with Gasteiger partial charge in [-0.3, -0.25) is 14.3 Å². The van der Waals surface area contributed by atoms with Crippen LogP contribution in [0.25, 0.3) is 0 Å². The van der Waals surface area contributed by atoms with Crippen molar-refractivity contribution in [3.8, 4) is 0 Å². The summed E-state index contributed by atoms with van der Waals surface area (Å²) < 4.78 is 1.81. The molecule has 2 amide bonds. The standard InChI is InChI=1S/C18H26N4O2/c23-16(15-3-1-4-15)21-11-7-18(8-12-21,22-10-2-9-20-22)17(24)19-13-14-5-6-14/h2,9-10,14-15H,1,3-8,11-13H2,(H,19,24). The van der Waals surface area contributed by atoms with Gasteiger partial charge in [0.2, 0.25) is 11.8 Å². The van der Waals surface area contributed by atoms with Crippen molar-refractivity contribution in [3.05, 3.63) is 18.5 Å². The van der Waals surface area contributed by atoms with Crippen LogP contribution < -0.4 is 5.32 Å². The molecule has 0 aromatic carbocycles. The number of hydrogen-bond acceptors (Lipinski definition) is 3. The lowest BCUT2D eigenvalue weighted by Crippen LogP contribution is -2.57. The summed E-state index contributed by atoms with van der Waals surface area (Å²) in [6.45, 7) is 2.06. The molecular formula is C18H26N4O2. The lowest BCUT2D eigenvalue weighted by Gasteiger charge is -2.42. The van der Waals surface area contributed by atoms with E-state index in [2.05, 4.69) is 10.4 Å². The Morgan fingerprint density at radius 2 is 1.92 bits per heavy atom. The molecule has 24 heavy (non-hydrogen) atoms. The molecule has 0 spiro atoms. The van der Waals surface area contributed by atoms with Crippen molar-refractivity contribution >= 4 is 11.8 Å². The third-order valence-electron chi connectivity index (χ3n) is 5.97. The molecule has 0 radical (unpaired) electrons. The van der Waals surface area contributed by atoms with Crippen LogP contribution in [-0.2, 0) is 15.1 Å². The molecule has 1 N–H and O–H groups in total. The van der Waals surface area contributed by atoms with Crippen LogP contribution in [0, 0.1) is 11.8 Å². The van der Waals surface area contributed by atoms with Gasteiger partial charge >= 0.3 is 0 Å². The molecule has 2 saturated carbocycles. The van der Waals surface area contributed by atoms with Crippen LogP contribution in [0.15, 0.2) is 18.5 Å². The molecule has 0 atom stereocenters. The van der Waals surface area contributed by atoms with Gasteiger partial charge in [-0.1, -0.05) is 6.42 Å². The molecule has 4 rings (SSSR count). The Labute approximate surface area is 142 Å². The van der Waals surface area contributed by atoms with E-state index in [9.17, 15) is 9.59 Å². The van der Waals surface area contributed by atoms with Crippen LogP contribution in [0.4, 0.5) is 0 Å². The number of amides is 2. The quantitative estimate of drug-likeness (QED) is 0.890.